The van der Waals surface area contributed by atoms with Gasteiger partial charge in [0.25, 0.3) is 0 Å². The molecule has 1 saturated heterocycles. The molecule has 6 nitrogen and oxygen atoms in total. The van der Waals surface area contributed by atoms with E-state index in [4.69, 9.17) is 4.74 Å². The molecule has 98 valence electrons. The van der Waals surface area contributed by atoms with Crippen molar-refractivity contribution in [3.05, 3.63) is 30.5 Å². The van der Waals surface area contributed by atoms with E-state index in [1.54, 1.807) is 6.20 Å². The first-order valence-corrected chi connectivity index (χ1v) is 6.01. The number of hydrogen-bond acceptors (Lipinski definition) is 5. The predicted molar refractivity (Wildman–Crippen MR) is 69.0 cm³/mol. The number of ether oxygens (including phenoxy) is 1. The SMILES string of the molecule is O=C(O)C1(Nc2cnc3ccccc3n2)CCOC1. The van der Waals surface area contributed by atoms with Gasteiger partial charge in [-0.15, -0.1) is 0 Å². The minimum atomic E-state index is -1.10. The number of fused-ring (bicyclic) bond motifs is 1. The number of rotatable bonds is 3. The highest BCUT2D eigenvalue weighted by Crippen LogP contribution is 2.24. The second kappa shape index (κ2) is 4.47. The fourth-order valence-electron chi connectivity index (χ4n) is 2.15. The van der Waals surface area contributed by atoms with E-state index >= 15 is 0 Å². The second-order valence-electron chi connectivity index (χ2n) is 4.56. The molecule has 0 saturated carbocycles. The highest BCUT2D eigenvalue weighted by Gasteiger charge is 2.43. The maximum absolute atomic E-state index is 11.4. The maximum Gasteiger partial charge on any atom is 0.331 e. The lowest BCUT2D eigenvalue weighted by Gasteiger charge is -2.24. The predicted octanol–water partition coefficient (Wildman–Crippen LogP) is 1.29. The van der Waals surface area contributed by atoms with Crippen molar-refractivity contribution in [3.8, 4) is 0 Å². The summed E-state index contributed by atoms with van der Waals surface area (Å²) in [6.07, 6.45) is 1.96. The normalized spacial score (nSPS) is 22.5. The summed E-state index contributed by atoms with van der Waals surface area (Å²) in [5, 5.41) is 12.3. The minimum absolute atomic E-state index is 0.136. The summed E-state index contributed by atoms with van der Waals surface area (Å²) in [7, 11) is 0. The molecule has 2 N–H and O–H groups in total. The Labute approximate surface area is 109 Å². The fourth-order valence-corrected chi connectivity index (χ4v) is 2.15. The minimum Gasteiger partial charge on any atom is -0.479 e. The third kappa shape index (κ3) is 2.10. The average molecular weight is 259 g/mol. The van der Waals surface area contributed by atoms with E-state index in [0.717, 1.165) is 11.0 Å². The zero-order valence-corrected chi connectivity index (χ0v) is 10.2. The van der Waals surface area contributed by atoms with Gasteiger partial charge in [0, 0.05) is 13.0 Å². The van der Waals surface area contributed by atoms with Crippen LogP contribution in [0.2, 0.25) is 0 Å². The molecular weight excluding hydrogens is 246 g/mol. The Hall–Kier alpha value is -2.21. The van der Waals surface area contributed by atoms with E-state index in [0.29, 0.717) is 18.8 Å². The number of carboxylic acids is 1. The Morgan fingerprint density at radius 1 is 1.37 bits per heavy atom. The van der Waals surface area contributed by atoms with Crippen LogP contribution in [-0.4, -0.2) is 39.8 Å². The molecule has 0 bridgehead atoms. The molecule has 3 rings (SSSR count). The topological polar surface area (TPSA) is 84.3 Å². The highest BCUT2D eigenvalue weighted by atomic mass is 16.5. The quantitative estimate of drug-likeness (QED) is 0.864. The van der Waals surface area contributed by atoms with Crippen LogP contribution in [0.1, 0.15) is 6.42 Å². The van der Waals surface area contributed by atoms with Crippen LogP contribution in [0.3, 0.4) is 0 Å². The van der Waals surface area contributed by atoms with E-state index in [1.165, 1.54) is 0 Å². The highest BCUT2D eigenvalue weighted by molar-refractivity contribution is 5.83. The summed E-state index contributed by atoms with van der Waals surface area (Å²) in [5.41, 5.74) is 0.406. The summed E-state index contributed by atoms with van der Waals surface area (Å²) in [6, 6.07) is 7.45. The van der Waals surface area contributed by atoms with Crippen molar-refractivity contribution in [1.29, 1.82) is 0 Å². The number of hydrogen-bond donors (Lipinski definition) is 2. The molecule has 1 fully saturated rings. The average Bonchev–Trinajstić information content (AvgIpc) is 2.88. The van der Waals surface area contributed by atoms with Crippen molar-refractivity contribution in [3.63, 3.8) is 0 Å². The Kier molecular flexibility index (Phi) is 2.79. The van der Waals surface area contributed by atoms with Crippen LogP contribution in [0.4, 0.5) is 5.82 Å². The van der Waals surface area contributed by atoms with Crippen molar-refractivity contribution < 1.29 is 14.6 Å². The van der Waals surface area contributed by atoms with Gasteiger partial charge in [0.15, 0.2) is 5.54 Å². The molecule has 1 aliphatic rings. The van der Waals surface area contributed by atoms with E-state index in [-0.39, 0.29) is 6.61 Å². The van der Waals surface area contributed by atoms with Crippen LogP contribution in [0.25, 0.3) is 11.0 Å². The van der Waals surface area contributed by atoms with Gasteiger partial charge in [-0.3, -0.25) is 4.98 Å². The first-order chi connectivity index (χ1) is 9.20. The number of para-hydroxylation sites is 2. The fraction of sp³-hybridized carbons (Fsp3) is 0.308. The molecule has 2 heterocycles. The number of carboxylic acid groups (broad SMARTS) is 1. The number of benzene rings is 1. The lowest BCUT2D eigenvalue weighted by molar-refractivity contribution is -0.142. The van der Waals surface area contributed by atoms with E-state index in [2.05, 4.69) is 15.3 Å². The first-order valence-electron chi connectivity index (χ1n) is 6.01. The van der Waals surface area contributed by atoms with E-state index in [9.17, 15) is 9.90 Å². The molecule has 19 heavy (non-hydrogen) atoms. The Bertz CT molecular complexity index is 623. The first kappa shape index (κ1) is 11.9. The molecule has 1 atom stereocenters. The molecule has 0 aliphatic carbocycles. The van der Waals surface area contributed by atoms with Crippen molar-refractivity contribution in [2.24, 2.45) is 0 Å². The van der Waals surface area contributed by atoms with Gasteiger partial charge in [0.2, 0.25) is 0 Å². The number of anilines is 1. The van der Waals surface area contributed by atoms with Gasteiger partial charge in [0.05, 0.1) is 23.8 Å². The summed E-state index contributed by atoms with van der Waals surface area (Å²) in [4.78, 5) is 20.0. The zero-order chi connectivity index (χ0) is 13.3. The largest absolute Gasteiger partial charge is 0.479 e. The van der Waals surface area contributed by atoms with Crippen LogP contribution in [0.15, 0.2) is 30.5 Å². The van der Waals surface area contributed by atoms with Crippen molar-refractivity contribution in [2.45, 2.75) is 12.0 Å². The Morgan fingerprint density at radius 2 is 2.16 bits per heavy atom. The lowest BCUT2D eigenvalue weighted by Crippen LogP contribution is -2.47. The molecule has 1 unspecified atom stereocenters. The molecule has 0 spiro atoms. The van der Waals surface area contributed by atoms with Crippen molar-refractivity contribution >= 4 is 22.8 Å². The molecule has 0 amide bonds. The van der Waals surface area contributed by atoms with Crippen molar-refractivity contribution in [1.82, 2.24) is 9.97 Å². The van der Waals surface area contributed by atoms with Crippen LogP contribution in [0, 0.1) is 0 Å². The standard InChI is InChI=1S/C13H13N3O3/c17-12(18)13(5-6-19-8-13)16-11-7-14-9-3-1-2-4-10(9)15-11/h1-4,7H,5-6,8H2,(H,15,16)(H,17,18). The van der Waals surface area contributed by atoms with Gasteiger partial charge >= 0.3 is 5.97 Å². The van der Waals surface area contributed by atoms with Gasteiger partial charge in [-0.05, 0) is 12.1 Å². The Balaban J connectivity index is 1.94. The second-order valence-corrected chi connectivity index (χ2v) is 4.56. The van der Waals surface area contributed by atoms with E-state index in [1.807, 2.05) is 24.3 Å². The van der Waals surface area contributed by atoms with E-state index < -0.39 is 11.5 Å². The molecule has 1 aromatic carbocycles. The summed E-state index contributed by atoms with van der Waals surface area (Å²) in [6.45, 7) is 0.567. The summed E-state index contributed by atoms with van der Waals surface area (Å²) in [5.74, 6) is -0.480. The molecule has 1 aromatic heterocycles. The van der Waals surface area contributed by atoms with Gasteiger partial charge < -0.3 is 15.2 Å². The van der Waals surface area contributed by atoms with Crippen LogP contribution in [-0.2, 0) is 9.53 Å². The Morgan fingerprint density at radius 3 is 2.84 bits per heavy atom. The third-order valence-electron chi connectivity index (χ3n) is 3.25. The number of nitrogens with zero attached hydrogens (tertiary/aromatic N) is 2. The van der Waals surface area contributed by atoms with Gasteiger partial charge in [-0.1, -0.05) is 12.1 Å². The third-order valence-corrected chi connectivity index (χ3v) is 3.25. The monoisotopic (exact) mass is 259 g/mol. The number of aliphatic carboxylic acids is 1. The lowest BCUT2D eigenvalue weighted by atomic mass is 9.99. The molecule has 6 heteroatoms. The van der Waals surface area contributed by atoms with Crippen LogP contribution in [0.5, 0.6) is 0 Å². The van der Waals surface area contributed by atoms with Crippen molar-refractivity contribution in [2.75, 3.05) is 18.5 Å². The molecule has 0 radical (unpaired) electrons. The number of aromatic nitrogens is 2. The van der Waals surface area contributed by atoms with Gasteiger partial charge in [0.1, 0.15) is 5.82 Å². The molecule has 1 aliphatic heterocycles. The van der Waals surface area contributed by atoms with Crippen LogP contribution < -0.4 is 5.32 Å². The molecular formula is C13H13N3O3. The summed E-state index contributed by atoms with van der Waals surface area (Å²) < 4.78 is 5.19. The molecule has 2 aromatic rings. The van der Waals surface area contributed by atoms with Gasteiger partial charge in [-0.2, -0.15) is 0 Å². The zero-order valence-electron chi connectivity index (χ0n) is 10.2. The van der Waals surface area contributed by atoms with Crippen LogP contribution >= 0.6 is 0 Å². The smallest absolute Gasteiger partial charge is 0.331 e. The van der Waals surface area contributed by atoms with Gasteiger partial charge in [-0.25, -0.2) is 9.78 Å². The number of nitrogens with one attached hydrogen (secondary N) is 1. The number of carbonyl (C=O) groups is 1. The summed E-state index contributed by atoms with van der Waals surface area (Å²) >= 11 is 0. The maximum atomic E-state index is 11.4.